The van der Waals surface area contributed by atoms with Gasteiger partial charge < -0.3 is 15.3 Å². The number of rotatable bonds is 3. The molecule has 1 saturated heterocycles. The molecule has 0 aromatic heterocycles. The van der Waals surface area contributed by atoms with Gasteiger partial charge in [-0.05, 0) is 0 Å². The Morgan fingerprint density at radius 1 is 1.53 bits per heavy atom. The molecule has 2 atom stereocenters. The number of hydrogen-bond donors (Lipinski definition) is 2. The summed E-state index contributed by atoms with van der Waals surface area (Å²) >= 11 is 0. The number of sulfone groups is 1. The largest absolute Gasteiger partial charge is 0.390 e. The van der Waals surface area contributed by atoms with Crippen LogP contribution in [0.5, 0.6) is 0 Å². The van der Waals surface area contributed by atoms with Gasteiger partial charge in [0.25, 0.3) is 0 Å². The molecule has 0 aromatic rings. The molecule has 1 heterocycles. The molecule has 0 bridgehead atoms. The Kier molecular flexibility index (Phi) is 3.69. The Bertz CT molecular complexity index is 341. The summed E-state index contributed by atoms with van der Waals surface area (Å²) in [4.78, 5) is 12.8. The fourth-order valence-electron chi connectivity index (χ4n) is 1.56. The third-order valence-electron chi connectivity index (χ3n) is 2.43. The first-order chi connectivity index (χ1) is 6.81. The van der Waals surface area contributed by atoms with Crippen LogP contribution in [0.4, 0.5) is 0 Å². The highest BCUT2D eigenvalue weighted by Crippen LogP contribution is 2.08. The minimum absolute atomic E-state index is 0.334. The molecule has 1 rings (SSSR count). The van der Waals surface area contributed by atoms with Crippen molar-refractivity contribution in [3.63, 3.8) is 0 Å². The van der Waals surface area contributed by atoms with Crippen LogP contribution in [-0.4, -0.2) is 68.6 Å². The number of aliphatic hydroxyl groups excluding tert-OH is 1. The van der Waals surface area contributed by atoms with Gasteiger partial charge in [-0.25, -0.2) is 8.42 Å². The third-order valence-corrected chi connectivity index (χ3v) is 3.20. The van der Waals surface area contributed by atoms with Crippen LogP contribution in [0.3, 0.4) is 0 Å². The molecule has 0 spiro atoms. The zero-order chi connectivity index (χ0) is 11.6. The average molecular weight is 236 g/mol. The standard InChI is InChI=1S/C8H16N2O4S/c1-10(6-3-9-4-7(6)11)8(12)5-15(2,13)14/h6-7,9,11H,3-5H2,1-2H3/t6-,7-/m0/s1. The first-order valence-electron chi connectivity index (χ1n) is 4.63. The summed E-state index contributed by atoms with van der Waals surface area (Å²) < 4.78 is 21.8. The summed E-state index contributed by atoms with van der Waals surface area (Å²) in [6.07, 6.45) is 0.390. The van der Waals surface area contributed by atoms with Crippen molar-refractivity contribution >= 4 is 15.7 Å². The van der Waals surface area contributed by atoms with Gasteiger partial charge in [-0.2, -0.15) is 0 Å². The molecule has 1 aliphatic heterocycles. The van der Waals surface area contributed by atoms with Crippen molar-refractivity contribution in [1.82, 2.24) is 10.2 Å². The zero-order valence-corrected chi connectivity index (χ0v) is 9.62. The van der Waals surface area contributed by atoms with Crippen LogP contribution < -0.4 is 5.32 Å². The van der Waals surface area contributed by atoms with Crippen molar-refractivity contribution in [2.75, 3.05) is 32.1 Å². The van der Waals surface area contributed by atoms with Crippen molar-refractivity contribution in [2.24, 2.45) is 0 Å². The van der Waals surface area contributed by atoms with Crippen molar-refractivity contribution in [2.45, 2.75) is 12.1 Å². The summed E-state index contributed by atoms with van der Waals surface area (Å²) in [7, 11) is -1.80. The van der Waals surface area contributed by atoms with E-state index in [1.165, 1.54) is 11.9 Å². The molecule has 88 valence electrons. The lowest BCUT2D eigenvalue weighted by molar-refractivity contribution is -0.130. The van der Waals surface area contributed by atoms with E-state index in [0.29, 0.717) is 13.1 Å². The number of hydrogen-bond acceptors (Lipinski definition) is 5. The maximum atomic E-state index is 11.5. The van der Waals surface area contributed by atoms with Crippen LogP contribution in [0.2, 0.25) is 0 Å². The van der Waals surface area contributed by atoms with Gasteiger partial charge in [-0.15, -0.1) is 0 Å². The fraction of sp³-hybridized carbons (Fsp3) is 0.875. The SMILES string of the molecule is CN(C(=O)CS(C)(=O)=O)[C@H]1CNC[C@@H]1O. The normalized spacial score (nSPS) is 26.6. The van der Waals surface area contributed by atoms with E-state index in [9.17, 15) is 18.3 Å². The molecule has 1 aliphatic rings. The smallest absolute Gasteiger partial charge is 0.237 e. The Hall–Kier alpha value is -0.660. The summed E-state index contributed by atoms with van der Waals surface area (Å²) in [5, 5.41) is 12.4. The Morgan fingerprint density at radius 3 is 2.53 bits per heavy atom. The van der Waals surface area contributed by atoms with Gasteiger partial charge >= 0.3 is 0 Å². The van der Waals surface area contributed by atoms with Crippen LogP contribution in [0, 0.1) is 0 Å². The third kappa shape index (κ3) is 3.44. The van der Waals surface area contributed by atoms with Crippen LogP contribution >= 0.6 is 0 Å². The quantitative estimate of drug-likeness (QED) is 0.582. The van der Waals surface area contributed by atoms with Crippen molar-refractivity contribution < 1.29 is 18.3 Å². The van der Waals surface area contributed by atoms with Crippen molar-refractivity contribution in [3.8, 4) is 0 Å². The van der Waals surface area contributed by atoms with E-state index in [4.69, 9.17) is 0 Å². The highest BCUT2D eigenvalue weighted by Gasteiger charge is 2.31. The predicted molar refractivity (Wildman–Crippen MR) is 55.1 cm³/mol. The molecule has 0 aromatic carbocycles. The van der Waals surface area contributed by atoms with Gasteiger partial charge in [0, 0.05) is 26.4 Å². The van der Waals surface area contributed by atoms with E-state index in [2.05, 4.69) is 5.32 Å². The summed E-state index contributed by atoms with van der Waals surface area (Å²) in [6, 6.07) is -0.334. The van der Waals surface area contributed by atoms with Gasteiger partial charge in [0.2, 0.25) is 5.91 Å². The minimum Gasteiger partial charge on any atom is -0.390 e. The molecule has 0 radical (unpaired) electrons. The molecule has 7 heteroatoms. The number of nitrogens with one attached hydrogen (secondary N) is 1. The number of likely N-dealkylation sites (N-methyl/N-ethyl adjacent to an activating group) is 1. The van der Waals surface area contributed by atoms with Crippen molar-refractivity contribution in [1.29, 1.82) is 0 Å². The molecule has 0 aliphatic carbocycles. The first-order valence-corrected chi connectivity index (χ1v) is 6.69. The Labute approximate surface area is 89.2 Å². The predicted octanol–water partition coefficient (Wildman–Crippen LogP) is -2.18. The van der Waals surface area contributed by atoms with Crippen molar-refractivity contribution in [3.05, 3.63) is 0 Å². The van der Waals surface area contributed by atoms with Crippen LogP contribution in [0.25, 0.3) is 0 Å². The number of amides is 1. The number of carbonyl (C=O) groups is 1. The Balaban J connectivity index is 2.60. The molecule has 0 saturated carbocycles. The maximum absolute atomic E-state index is 11.5. The lowest BCUT2D eigenvalue weighted by Crippen LogP contribution is -2.46. The van der Waals surface area contributed by atoms with E-state index >= 15 is 0 Å². The summed E-state index contributed by atoms with van der Waals surface area (Å²) in [5.74, 6) is -0.988. The van der Waals surface area contributed by atoms with E-state index < -0.39 is 27.6 Å². The second-order valence-corrected chi connectivity index (χ2v) is 6.01. The monoisotopic (exact) mass is 236 g/mol. The molecule has 15 heavy (non-hydrogen) atoms. The second kappa shape index (κ2) is 4.46. The number of carbonyl (C=O) groups excluding carboxylic acids is 1. The molecular formula is C8H16N2O4S. The molecular weight excluding hydrogens is 220 g/mol. The van der Waals surface area contributed by atoms with E-state index in [1.807, 2.05) is 0 Å². The second-order valence-electron chi connectivity index (χ2n) is 3.87. The highest BCUT2D eigenvalue weighted by molar-refractivity contribution is 7.91. The van der Waals surface area contributed by atoms with Gasteiger partial charge in [0.15, 0.2) is 9.84 Å². The summed E-state index contributed by atoms with van der Waals surface area (Å²) in [5.41, 5.74) is 0. The molecule has 1 amide bonds. The number of β-amino-alcohol motifs (C(OH)–C–C–N with tert-alkyl or cyclic N) is 1. The zero-order valence-electron chi connectivity index (χ0n) is 8.80. The molecule has 1 fully saturated rings. The lowest BCUT2D eigenvalue weighted by atomic mass is 10.2. The topological polar surface area (TPSA) is 86.7 Å². The molecule has 6 nitrogen and oxygen atoms in total. The maximum Gasteiger partial charge on any atom is 0.237 e. The lowest BCUT2D eigenvalue weighted by Gasteiger charge is -2.26. The van der Waals surface area contributed by atoms with Gasteiger partial charge in [-0.3, -0.25) is 4.79 Å². The average Bonchev–Trinajstić information content (AvgIpc) is 2.47. The van der Waals surface area contributed by atoms with Crippen LogP contribution in [0.1, 0.15) is 0 Å². The first kappa shape index (κ1) is 12.4. The fourth-order valence-corrected chi connectivity index (χ4v) is 2.21. The van der Waals surface area contributed by atoms with Crippen LogP contribution in [-0.2, 0) is 14.6 Å². The minimum atomic E-state index is -3.31. The number of nitrogens with zero attached hydrogens (tertiary/aromatic N) is 1. The van der Waals surface area contributed by atoms with Gasteiger partial charge in [0.1, 0.15) is 5.75 Å². The van der Waals surface area contributed by atoms with Gasteiger partial charge in [0.05, 0.1) is 12.1 Å². The number of aliphatic hydroxyl groups is 1. The van der Waals surface area contributed by atoms with E-state index in [1.54, 1.807) is 0 Å². The molecule has 0 unspecified atom stereocenters. The highest BCUT2D eigenvalue weighted by atomic mass is 32.2. The van der Waals surface area contributed by atoms with Crippen LogP contribution in [0.15, 0.2) is 0 Å². The van der Waals surface area contributed by atoms with E-state index in [0.717, 1.165) is 6.26 Å². The van der Waals surface area contributed by atoms with Gasteiger partial charge in [-0.1, -0.05) is 0 Å². The van der Waals surface area contributed by atoms with E-state index in [-0.39, 0.29) is 6.04 Å². The summed E-state index contributed by atoms with van der Waals surface area (Å²) in [6.45, 7) is 0.925. The molecule has 2 N–H and O–H groups in total. The Morgan fingerprint density at radius 2 is 2.13 bits per heavy atom.